The third-order valence-electron chi connectivity index (χ3n) is 3.65. The number of anilines is 2. The molecule has 0 saturated heterocycles. The molecule has 2 aromatic rings. The van der Waals surface area contributed by atoms with Gasteiger partial charge in [-0.1, -0.05) is 18.2 Å². The molecule has 2 aromatic carbocycles. The van der Waals surface area contributed by atoms with Crippen LogP contribution in [0.2, 0.25) is 0 Å². The maximum absolute atomic E-state index is 14.1. The molecule has 1 amide bonds. The summed E-state index contributed by atoms with van der Waals surface area (Å²) >= 11 is 0. The minimum atomic E-state index is -4.13. The number of hydrogen-bond acceptors (Lipinski definition) is 3. The van der Waals surface area contributed by atoms with E-state index in [1.807, 2.05) is 0 Å². The topological polar surface area (TPSA) is 57.7 Å². The van der Waals surface area contributed by atoms with Gasteiger partial charge in [0.15, 0.2) is 17.5 Å². The fourth-order valence-corrected chi connectivity index (χ4v) is 3.25. The number of carbonyl (C=O) groups excluding carboxylic acids is 1. The quantitative estimate of drug-likeness (QED) is 0.718. The first kappa shape index (κ1) is 19.8. The van der Waals surface area contributed by atoms with E-state index in [2.05, 4.69) is 0 Å². The zero-order valence-electron chi connectivity index (χ0n) is 14.1. The summed E-state index contributed by atoms with van der Waals surface area (Å²) in [4.78, 5) is 13.9. The number of sulfonamides is 1. The highest BCUT2D eigenvalue weighted by molar-refractivity contribution is 7.92. The summed E-state index contributed by atoms with van der Waals surface area (Å²) in [6.45, 7) is 1.16. The van der Waals surface area contributed by atoms with Crippen molar-refractivity contribution in [3.63, 3.8) is 0 Å². The predicted octanol–water partition coefficient (Wildman–Crippen LogP) is 2.92. The fraction of sp³-hybridized carbons (Fsp3) is 0.235. The number of likely N-dealkylation sites (N-methyl/N-ethyl adjacent to an activating group) is 1. The minimum absolute atomic E-state index is 0.237. The van der Waals surface area contributed by atoms with Crippen molar-refractivity contribution in [1.29, 1.82) is 0 Å². The zero-order valence-corrected chi connectivity index (χ0v) is 14.9. The van der Waals surface area contributed by atoms with Crippen molar-refractivity contribution in [2.75, 3.05) is 28.6 Å². The molecule has 0 N–H and O–H groups in total. The minimum Gasteiger partial charge on any atom is -0.311 e. The van der Waals surface area contributed by atoms with Gasteiger partial charge in [-0.3, -0.25) is 9.10 Å². The Balaban J connectivity index is 2.41. The first-order valence-electron chi connectivity index (χ1n) is 7.63. The van der Waals surface area contributed by atoms with Gasteiger partial charge in [0.05, 0.1) is 11.9 Å². The lowest BCUT2D eigenvalue weighted by molar-refractivity contribution is -0.117. The second-order valence-corrected chi connectivity index (χ2v) is 7.34. The van der Waals surface area contributed by atoms with Crippen molar-refractivity contribution >= 4 is 27.3 Å². The lowest BCUT2D eigenvalue weighted by Gasteiger charge is -2.27. The van der Waals surface area contributed by atoms with E-state index in [1.165, 1.54) is 4.90 Å². The van der Waals surface area contributed by atoms with Crippen molar-refractivity contribution in [2.24, 2.45) is 0 Å². The molecule has 9 heteroatoms. The number of amides is 1. The van der Waals surface area contributed by atoms with Crippen molar-refractivity contribution in [1.82, 2.24) is 0 Å². The van der Waals surface area contributed by atoms with Gasteiger partial charge in [0.25, 0.3) is 0 Å². The molecule has 0 aliphatic carbocycles. The molecule has 26 heavy (non-hydrogen) atoms. The molecule has 0 heterocycles. The van der Waals surface area contributed by atoms with Crippen LogP contribution < -0.4 is 9.21 Å². The molecule has 0 spiro atoms. The fourth-order valence-electron chi connectivity index (χ4n) is 2.41. The SMILES string of the molecule is CCN(C(=O)CN(c1ccc(F)c(F)c1F)S(C)(=O)=O)c1ccccc1. The summed E-state index contributed by atoms with van der Waals surface area (Å²) in [7, 11) is -4.13. The van der Waals surface area contributed by atoms with E-state index in [0.717, 1.165) is 12.3 Å². The van der Waals surface area contributed by atoms with E-state index in [9.17, 15) is 26.4 Å². The Morgan fingerprint density at radius 3 is 2.15 bits per heavy atom. The summed E-state index contributed by atoms with van der Waals surface area (Å²) in [6.07, 6.45) is 0.750. The maximum atomic E-state index is 14.1. The Labute approximate surface area is 149 Å². The first-order valence-corrected chi connectivity index (χ1v) is 9.48. The van der Waals surface area contributed by atoms with Crippen molar-refractivity contribution in [3.05, 3.63) is 59.9 Å². The van der Waals surface area contributed by atoms with E-state index >= 15 is 0 Å². The smallest absolute Gasteiger partial charge is 0.247 e. The van der Waals surface area contributed by atoms with Gasteiger partial charge in [0.2, 0.25) is 15.9 Å². The van der Waals surface area contributed by atoms with E-state index in [0.29, 0.717) is 16.1 Å². The number of para-hydroxylation sites is 1. The molecular weight excluding hydrogens is 369 g/mol. The average Bonchev–Trinajstić information content (AvgIpc) is 2.59. The van der Waals surface area contributed by atoms with Crippen LogP contribution in [0.5, 0.6) is 0 Å². The molecule has 0 bridgehead atoms. The van der Waals surface area contributed by atoms with Crippen LogP contribution in [0.25, 0.3) is 0 Å². The molecule has 0 aliphatic rings. The third-order valence-corrected chi connectivity index (χ3v) is 4.77. The molecule has 0 aliphatic heterocycles. The number of nitrogens with zero attached hydrogens (tertiary/aromatic N) is 2. The van der Waals surface area contributed by atoms with Crippen molar-refractivity contribution in [2.45, 2.75) is 6.92 Å². The number of carbonyl (C=O) groups is 1. The molecule has 2 rings (SSSR count). The van der Waals surface area contributed by atoms with Crippen LogP contribution in [0.1, 0.15) is 6.92 Å². The van der Waals surface area contributed by atoms with Crippen LogP contribution in [-0.4, -0.2) is 33.7 Å². The van der Waals surface area contributed by atoms with Crippen LogP contribution in [-0.2, 0) is 14.8 Å². The summed E-state index contributed by atoms with van der Waals surface area (Å²) in [5, 5.41) is 0. The second-order valence-electron chi connectivity index (χ2n) is 5.44. The lowest BCUT2D eigenvalue weighted by atomic mass is 10.2. The number of benzene rings is 2. The summed E-state index contributed by atoms with van der Waals surface area (Å²) < 4.78 is 65.2. The molecule has 0 atom stereocenters. The normalized spacial score (nSPS) is 11.3. The van der Waals surface area contributed by atoms with E-state index in [4.69, 9.17) is 0 Å². The monoisotopic (exact) mass is 386 g/mol. The van der Waals surface area contributed by atoms with E-state index in [1.54, 1.807) is 37.3 Å². The standard InChI is InChI=1S/C17H17F3N2O3S/c1-3-21(12-7-5-4-6-8-12)15(23)11-22(26(2,24)25)14-10-9-13(18)16(19)17(14)20/h4-10H,3,11H2,1-2H3. The highest BCUT2D eigenvalue weighted by Crippen LogP contribution is 2.26. The highest BCUT2D eigenvalue weighted by atomic mass is 32.2. The average molecular weight is 386 g/mol. The van der Waals surface area contributed by atoms with Gasteiger partial charge in [-0.15, -0.1) is 0 Å². The zero-order chi connectivity index (χ0) is 19.5. The first-order chi connectivity index (χ1) is 12.2. The highest BCUT2D eigenvalue weighted by Gasteiger charge is 2.28. The van der Waals surface area contributed by atoms with Gasteiger partial charge in [-0.05, 0) is 31.2 Å². The van der Waals surface area contributed by atoms with Crippen molar-refractivity contribution in [3.8, 4) is 0 Å². The second kappa shape index (κ2) is 7.77. The van der Waals surface area contributed by atoms with Gasteiger partial charge in [-0.2, -0.15) is 0 Å². The molecule has 0 aromatic heterocycles. The Bertz CT molecular complexity index is 905. The molecular formula is C17H17F3N2O3S. The van der Waals surface area contributed by atoms with Crippen LogP contribution >= 0.6 is 0 Å². The van der Waals surface area contributed by atoms with Crippen molar-refractivity contribution < 1.29 is 26.4 Å². The summed E-state index contributed by atoms with van der Waals surface area (Å²) in [6, 6.07) is 9.85. The molecule has 0 saturated carbocycles. The molecule has 0 radical (unpaired) electrons. The third kappa shape index (κ3) is 4.16. The van der Waals surface area contributed by atoms with Gasteiger partial charge in [0, 0.05) is 12.2 Å². The van der Waals surface area contributed by atoms with Gasteiger partial charge in [0.1, 0.15) is 6.54 Å². The van der Waals surface area contributed by atoms with Gasteiger partial charge in [-0.25, -0.2) is 21.6 Å². The van der Waals surface area contributed by atoms with E-state index < -0.39 is 45.6 Å². The van der Waals surface area contributed by atoms with Crippen LogP contribution in [0.3, 0.4) is 0 Å². The Hall–Kier alpha value is -2.55. The molecule has 140 valence electrons. The maximum Gasteiger partial charge on any atom is 0.247 e. The number of hydrogen-bond donors (Lipinski definition) is 0. The molecule has 0 unspecified atom stereocenters. The Morgan fingerprint density at radius 2 is 1.62 bits per heavy atom. The Morgan fingerprint density at radius 1 is 1.00 bits per heavy atom. The number of halogens is 3. The van der Waals surface area contributed by atoms with Crippen LogP contribution in [0.15, 0.2) is 42.5 Å². The van der Waals surface area contributed by atoms with E-state index in [-0.39, 0.29) is 6.54 Å². The Kier molecular flexibility index (Phi) is 5.91. The molecule has 0 fully saturated rings. The molecule has 5 nitrogen and oxygen atoms in total. The van der Waals surface area contributed by atoms with Crippen LogP contribution in [0, 0.1) is 17.5 Å². The van der Waals surface area contributed by atoms with Gasteiger partial charge < -0.3 is 4.90 Å². The predicted molar refractivity (Wildman–Crippen MR) is 93.0 cm³/mol. The lowest BCUT2D eigenvalue weighted by Crippen LogP contribution is -2.43. The number of rotatable bonds is 6. The van der Waals surface area contributed by atoms with Crippen LogP contribution in [0.4, 0.5) is 24.5 Å². The van der Waals surface area contributed by atoms with Gasteiger partial charge >= 0.3 is 0 Å². The summed E-state index contributed by atoms with van der Waals surface area (Å²) in [5.74, 6) is -5.58. The largest absolute Gasteiger partial charge is 0.311 e. The summed E-state index contributed by atoms with van der Waals surface area (Å²) in [5.41, 5.74) is -0.205.